The van der Waals surface area contributed by atoms with Gasteiger partial charge in [0.05, 0.1) is 5.69 Å². The van der Waals surface area contributed by atoms with E-state index in [9.17, 15) is 4.79 Å². The number of imidazole rings is 1. The Morgan fingerprint density at radius 1 is 1.07 bits per heavy atom. The molecule has 1 aliphatic rings. The van der Waals surface area contributed by atoms with Crippen molar-refractivity contribution in [2.45, 2.75) is 38.6 Å². The highest BCUT2D eigenvalue weighted by atomic mass is 16.2. The molecule has 0 bridgehead atoms. The summed E-state index contributed by atoms with van der Waals surface area (Å²) in [6.45, 7) is 1.56. The number of aromatic nitrogens is 3. The molecule has 0 saturated carbocycles. The van der Waals surface area contributed by atoms with Gasteiger partial charge >= 0.3 is 0 Å². The summed E-state index contributed by atoms with van der Waals surface area (Å²) >= 11 is 0. The molecule has 1 amide bonds. The number of likely N-dealkylation sites (N-methyl/N-ethyl adjacent to an activating group) is 1. The van der Waals surface area contributed by atoms with Gasteiger partial charge < -0.3 is 9.47 Å². The summed E-state index contributed by atoms with van der Waals surface area (Å²) in [7, 11) is 1.86. The summed E-state index contributed by atoms with van der Waals surface area (Å²) < 4.78 is 2.27. The highest BCUT2D eigenvalue weighted by Crippen LogP contribution is 2.27. The van der Waals surface area contributed by atoms with Gasteiger partial charge in [-0.1, -0.05) is 42.8 Å². The maximum Gasteiger partial charge on any atom is 0.274 e. The smallest absolute Gasteiger partial charge is 0.274 e. The summed E-state index contributed by atoms with van der Waals surface area (Å²) in [4.78, 5) is 24.2. The maximum atomic E-state index is 13.2. The average Bonchev–Trinajstić information content (AvgIpc) is 2.93. The van der Waals surface area contributed by atoms with Crippen molar-refractivity contribution in [2.24, 2.45) is 0 Å². The Bertz CT molecular complexity index is 934. The first-order valence-electron chi connectivity index (χ1n) is 10.0. The number of carbonyl (C=O) groups excluding carboxylic acids is 1. The van der Waals surface area contributed by atoms with E-state index in [-0.39, 0.29) is 5.91 Å². The summed E-state index contributed by atoms with van der Waals surface area (Å²) in [5.74, 6) is 0.919. The number of carbonyl (C=O) groups is 1. The van der Waals surface area contributed by atoms with Crippen molar-refractivity contribution in [3.05, 3.63) is 71.8 Å². The molecule has 0 spiro atoms. The van der Waals surface area contributed by atoms with Gasteiger partial charge in [0.15, 0.2) is 0 Å². The molecule has 3 heterocycles. The zero-order chi connectivity index (χ0) is 19.3. The summed E-state index contributed by atoms with van der Waals surface area (Å²) in [6.07, 6.45) is 6.88. The Kier molecular flexibility index (Phi) is 5.51. The third kappa shape index (κ3) is 3.84. The molecule has 144 valence electrons. The molecular weight excluding hydrogens is 348 g/mol. The zero-order valence-electron chi connectivity index (χ0n) is 16.3. The zero-order valence-corrected chi connectivity index (χ0v) is 16.3. The minimum absolute atomic E-state index is 0.00348. The quantitative estimate of drug-likeness (QED) is 0.679. The molecule has 0 fully saturated rings. The lowest BCUT2D eigenvalue weighted by molar-refractivity contribution is 0.0790. The standard InChI is InChI=1S/C23H26N4O/c1-26(17-14-19-12-7-8-15-24-19)23(28)21-20-13-6-3-9-16-27(20)22(25-21)18-10-4-2-5-11-18/h2,4-5,7-8,10-12,15H,3,6,9,13-14,16-17H2,1H3. The molecule has 0 unspecified atom stereocenters. The summed E-state index contributed by atoms with van der Waals surface area (Å²) in [5, 5.41) is 0. The molecule has 0 N–H and O–H groups in total. The van der Waals surface area contributed by atoms with Crippen molar-refractivity contribution in [1.29, 1.82) is 0 Å². The molecule has 5 nitrogen and oxygen atoms in total. The van der Waals surface area contributed by atoms with E-state index in [0.29, 0.717) is 12.2 Å². The molecule has 3 aromatic rings. The molecule has 1 aromatic carbocycles. The van der Waals surface area contributed by atoms with Crippen LogP contribution in [0.3, 0.4) is 0 Å². The monoisotopic (exact) mass is 374 g/mol. The molecular formula is C23H26N4O. The van der Waals surface area contributed by atoms with Gasteiger partial charge in [0.2, 0.25) is 0 Å². The third-order valence-electron chi connectivity index (χ3n) is 5.38. The molecule has 2 aromatic heterocycles. The number of pyridine rings is 1. The molecule has 5 heteroatoms. The second-order valence-corrected chi connectivity index (χ2v) is 7.36. The van der Waals surface area contributed by atoms with E-state index < -0.39 is 0 Å². The van der Waals surface area contributed by atoms with Crippen LogP contribution in [0.5, 0.6) is 0 Å². The largest absolute Gasteiger partial charge is 0.340 e. The fraction of sp³-hybridized carbons (Fsp3) is 0.348. The topological polar surface area (TPSA) is 51.0 Å². The van der Waals surface area contributed by atoms with Crippen LogP contribution in [0.1, 0.15) is 41.1 Å². The first-order chi connectivity index (χ1) is 13.7. The Morgan fingerprint density at radius 3 is 2.68 bits per heavy atom. The number of benzene rings is 1. The molecule has 0 radical (unpaired) electrons. The van der Waals surface area contributed by atoms with Gasteiger partial charge in [-0.3, -0.25) is 9.78 Å². The number of hydrogen-bond acceptors (Lipinski definition) is 3. The predicted octanol–water partition coefficient (Wildman–Crippen LogP) is 3.99. The van der Waals surface area contributed by atoms with Crippen molar-refractivity contribution in [2.75, 3.05) is 13.6 Å². The molecule has 0 aliphatic carbocycles. The van der Waals surface area contributed by atoms with Crippen LogP contribution in [-0.4, -0.2) is 38.9 Å². The van der Waals surface area contributed by atoms with E-state index in [1.54, 1.807) is 11.1 Å². The van der Waals surface area contributed by atoms with Crippen LogP contribution in [0.2, 0.25) is 0 Å². The van der Waals surface area contributed by atoms with Crippen LogP contribution < -0.4 is 0 Å². The molecule has 0 atom stereocenters. The van der Waals surface area contributed by atoms with Crippen LogP contribution >= 0.6 is 0 Å². The first-order valence-corrected chi connectivity index (χ1v) is 10.0. The normalized spacial score (nSPS) is 13.6. The lowest BCUT2D eigenvalue weighted by atomic mass is 10.1. The van der Waals surface area contributed by atoms with Crippen LogP contribution in [0.4, 0.5) is 0 Å². The van der Waals surface area contributed by atoms with Crippen molar-refractivity contribution >= 4 is 5.91 Å². The van der Waals surface area contributed by atoms with Crippen LogP contribution in [0, 0.1) is 0 Å². The summed E-state index contributed by atoms with van der Waals surface area (Å²) in [6, 6.07) is 16.1. The lowest BCUT2D eigenvalue weighted by Crippen LogP contribution is -2.30. The van der Waals surface area contributed by atoms with E-state index in [1.165, 1.54) is 6.42 Å². The highest BCUT2D eigenvalue weighted by molar-refractivity contribution is 5.94. The van der Waals surface area contributed by atoms with Gasteiger partial charge in [-0.15, -0.1) is 0 Å². The van der Waals surface area contributed by atoms with Crippen molar-refractivity contribution < 1.29 is 4.79 Å². The number of fused-ring (bicyclic) bond motifs is 1. The predicted molar refractivity (Wildman–Crippen MR) is 110 cm³/mol. The van der Waals surface area contributed by atoms with Crippen LogP contribution in [0.15, 0.2) is 54.7 Å². The van der Waals surface area contributed by atoms with E-state index in [0.717, 1.165) is 55.0 Å². The minimum atomic E-state index is 0.00348. The van der Waals surface area contributed by atoms with Gasteiger partial charge in [-0.25, -0.2) is 4.98 Å². The number of amides is 1. The minimum Gasteiger partial charge on any atom is -0.340 e. The fourth-order valence-electron chi connectivity index (χ4n) is 3.81. The summed E-state index contributed by atoms with van der Waals surface area (Å²) in [5.41, 5.74) is 3.77. The van der Waals surface area contributed by atoms with Crippen molar-refractivity contribution in [3.63, 3.8) is 0 Å². The van der Waals surface area contributed by atoms with Gasteiger partial charge in [0, 0.05) is 44.0 Å². The van der Waals surface area contributed by atoms with Crippen LogP contribution in [0.25, 0.3) is 11.4 Å². The van der Waals surface area contributed by atoms with Crippen molar-refractivity contribution in [1.82, 2.24) is 19.4 Å². The number of hydrogen-bond donors (Lipinski definition) is 0. The highest BCUT2D eigenvalue weighted by Gasteiger charge is 2.26. The second-order valence-electron chi connectivity index (χ2n) is 7.36. The van der Waals surface area contributed by atoms with E-state index in [1.807, 2.05) is 43.4 Å². The molecule has 1 aliphatic heterocycles. The molecule has 0 saturated heterocycles. The molecule has 28 heavy (non-hydrogen) atoms. The Labute approximate surface area is 166 Å². The Morgan fingerprint density at radius 2 is 1.89 bits per heavy atom. The van der Waals surface area contributed by atoms with E-state index in [2.05, 4.69) is 21.7 Å². The second kappa shape index (κ2) is 8.38. The maximum absolute atomic E-state index is 13.2. The number of rotatable bonds is 5. The van der Waals surface area contributed by atoms with Crippen molar-refractivity contribution in [3.8, 4) is 11.4 Å². The fourth-order valence-corrected chi connectivity index (χ4v) is 3.81. The van der Waals surface area contributed by atoms with Crippen LogP contribution in [-0.2, 0) is 19.4 Å². The Hall–Kier alpha value is -2.95. The third-order valence-corrected chi connectivity index (χ3v) is 5.38. The average molecular weight is 374 g/mol. The van der Waals surface area contributed by atoms with E-state index >= 15 is 0 Å². The van der Waals surface area contributed by atoms with Gasteiger partial charge in [0.25, 0.3) is 5.91 Å². The van der Waals surface area contributed by atoms with E-state index in [4.69, 9.17) is 4.98 Å². The SMILES string of the molecule is CN(CCc1ccccn1)C(=O)c1nc(-c2ccccc2)n2c1CCCCC2. The number of nitrogens with zero attached hydrogens (tertiary/aromatic N) is 4. The van der Waals surface area contributed by atoms with Gasteiger partial charge in [-0.05, 0) is 31.4 Å². The Balaban J connectivity index is 1.61. The lowest BCUT2D eigenvalue weighted by Gasteiger charge is -2.16. The molecule has 4 rings (SSSR count). The van der Waals surface area contributed by atoms with Gasteiger partial charge in [-0.2, -0.15) is 0 Å². The first kappa shape index (κ1) is 18.4. The van der Waals surface area contributed by atoms with Gasteiger partial charge in [0.1, 0.15) is 11.5 Å².